The van der Waals surface area contributed by atoms with E-state index < -0.39 is 5.97 Å². The summed E-state index contributed by atoms with van der Waals surface area (Å²) >= 11 is 6.81. The van der Waals surface area contributed by atoms with Crippen LogP contribution in [-0.4, -0.2) is 41.7 Å². The highest BCUT2D eigenvalue weighted by Gasteiger charge is 2.30. The molecule has 2 rings (SSSR count). The van der Waals surface area contributed by atoms with Crippen LogP contribution in [0.25, 0.3) is 0 Å². The first-order valence-electron chi connectivity index (χ1n) is 6.90. The molecular weight excluding hydrogens is 328 g/mol. The molecule has 1 aromatic heterocycles. The largest absolute Gasteiger partial charge is 0.462 e. The van der Waals surface area contributed by atoms with Crippen LogP contribution in [0.15, 0.2) is 0 Å². The molecule has 0 aliphatic carbocycles. The van der Waals surface area contributed by atoms with E-state index >= 15 is 0 Å². The zero-order valence-corrected chi connectivity index (χ0v) is 14.0. The van der Waals surface area contributed by atoms with E-state index in [4.69, 9.17) is 16.3 Å². The Bertz CT molecular complexity index is 614. The van der Waals surface area contributed by atoms with Crippen LogP contribution in [0.2, 0.25) is 0 Å². The molecule has 120 valence electrons. The number of hydrogen-bond donors (Lipinski definition) is 1. The first-order valence-corrected chi connectivity index (χ1v) is 8.26. The Kier molecular flexibility index (Phi) is 5.42. The van der Waals surface area contributed by atoms with E-state index in [-0.39, 0.29) is 24.3 Å². The first kappa shape index (κ1) is 16.8. The molecule has 0 radical (unpaired) electrons. The summed E-state index contributed by atoms with van der Waals surface area (Å²) in [4.78, 5) is 37.9. The molecule has 0 bridgehead atoms. The molecule has 0 spiro atoms. The van der Waals surface area contributed by atoms with Gasteiger partial charge in [-0.25, -0.2) is 4.79 Å². The predicted molar refractivity (Wildman–Crippen MR) is 84.4 cm³/mol. The van der Waals surface area contributed by atoms with Crippen LogP contribution in [0.1, 0.15) is 34.6 Å². The molecule has 1 aliphatic rings. The number of carbonyl (C=O) groups excluding carboxylic acids is 3. The lowest BCUT2D eigenvalue weighted by Crippen LogP contribution is -2.34. The number of fused-ring (bicyclic) bond motifs is 1. The quantitative estimate of drug-likeness (QED) is 0.669. The topological polar surface area (TPSA) is 75.7 Å². The monoisotopic (exact) mass is 344 g/mol. The molecule has 1 N–H and O–H groups in total. The standard InChI is InChI=1S/C14H17ClN2O4S/c1-3-21-14(20)12-9-4-5-17(8(2)18)7-10(9)22-13(12)16-11(19)6-15/h3-7H2,1-2H3,(H,16,19). The maximum atomic E-state index is 12.2. The molecule has 6 nitrogen and oxygen atoms in total. The van der Waals surface area contributed by atoms with Crippen molar-refractivity contribution in [3.63, 3.8) is 0 Å². The number of thiophene rings is 1. The maximum Gasteiger partial charge on any atom is 0.341 e. The molecule has 0 unspecified atom stereocenters. The van der Waals surface area contributed by atoms with Crippen LogP contribution < -0.4 is 5.32 Å². The molecule has 0 saturated carbocycles. The van der Waals surface area contributed by atoms with Gasteiger partial charge in [-0.1, -0.05) is 0 Å². The number of carbonyl (C=O) groups is 3. The van der Waals surface area contributed by atoms with Gasteiger partial charge in [-0.15, -0.1) is 22.9 Å². The molecule has 0 aromatic carbocycles. The van der Waals surface area contributed by atoms with Crippen molar-refractivity contribution in [1.82, 2.24) is 4.90 Å². The lowest BCUT2D eigenvalue weighted by molar-refractivity contribution is -0.129. The molecule has 22 heavy (non-hydrogen) atoms. The van der Waals surface area contributed by atoms with Gasteiger partial charge >= 0.3 is 5.97 Å². The second-order valence-electron chi connectivity index (χ2n) is 4.80. The van der Waals surface area contributed by atoms with Crippen molar-refractivity contribution in [3.05, 3.63) is 16.0 Å². The number of amides is 2. The number of hydrogen-bond acceptors (Lipinski definition) is 5. The van der Waals surface area contributed by atoms with Crippen LogP contribution >= 0.6 is 22.9 Å². The summed E-state index contributed by atoms with van der Waals surface area (Å²) in [6, 6.07) is 0. The molecule has 1 aliphatic heterocycles. The highest BCUT2D eigenvalue weighted by atomic mass is 35.5. The number of ether oxygens (including phenoxy) is 1. The molecule has 2 heterocycles. The Morgan fingerprint density at radius 3 is 2.73 bits per heavy atom. The normalized spacial score (nSPS) is 13.5. The van der Waals surface area contributed by atoms with Gasteiger partial charge in [-0.05, 0) is 18.9 Å². The minimum Gasteiger partial charge on any atom is -0.462 e. The van der Waals surface area contributed by atoms with Gasteiger partial charge in [-0.3, -0.25) is 9.59 Å². The summed E-state index contributed by atoms with van der Waals surface area (Å²) in [5.41, 5.74) is 1.24. The van der Waals surface area contributed by atoms with Crippen LogP contribution in [0.5, 0.6) is 0 Å². The minimum absolute atomic E-state index is 0.0110. The number of halogens is 1. The third-order valence-electron chi connectivity index (χ3n) is 3.36. The SMILES string of the molecule is CCOC(=O)c1c(NC(=O)CCl)sc2c1CCN(C(C)=O)C2. The van der Waals surface area contributed by atoms with E-state index in [9.17, 15) is 14.4 Å². The Hall–Kier alpha value is -1.60. The van der Waals surface area contributed by atoms with Crippen LogP contribution in [0, 0.1) is 0 Å². The van der Waals surface area contributed by atoms with Crippen LogP contribution in [0.4, 0.5) is 5.00 Å². The number of rotatable bonds is 4. The molecular formula is C14H17ClN2O4S. The Labute approximate surface area is 137 Å². The minimum atomic E-state index is -0.457. The highest BCUT2D eigenvalue weighted by molar-refractivity contribution is 7.17. The number of esters is 1. The summed E-state index contributed by atoms with van der Waals surface area (Å²) in [7, 11) is 0. The maximum absolute atomic E-state index is 12.2. The molecule has 0 atom stereocenters. The van der Waals surface area contributed by atoms with E-state index in [0.717, 1.165) is 10.4 Å². The van der Waals surface area contributed by atoms with Crippen molar-refractivity contribution in [2.45, 2.75) is 26.8 Å². The Balaban J connectivity index is 2.39. The van der Waals surface area contributed by atoms with Gasteiger partial charge < -0.3 is 15.0 Å². The fourth-order valence-electron chi connectivity index (χ4n) is 2.34. The predicted octanol–water partition coefficient (Wildman–Crippen LogP) is 2.01. The summed E-state index contributed by atoms with van der Waals surface area (Å²) in [6.45, 7) is 4.49. The second-order valence-corrected chi connectivity index (χ2v) is 6.17. The highest BCUT2D eigenvalue weighted by Crippen LogP contribution is 2.37. The fourth-order valence-corrected chi connectivity index (χ4v) is 3.67. The average Bonchev–Trinajstić information content (AvgIpc) is 2.83. The zero-order valence-electron chi connectivity index (χ0n) is 12.4. The third kappa shape index (κ3) is 3.41. The number of nitrogens with zero attached hydrogens (tertiary/aromatic N) is 1. The number of anilines is 1. The second kappa shape index (κ2) is 7.11. The van der Waals surface area contributed by atoms with Gasteiger partial charge in [0.05, 0.1) is 18.7 Å². The molecule has 8 heteroatoms. The van der Waals surface area contributed by atoms with Crippen molar-refractivity contribution in [2.24, 2.45) is 0 Å². The average molecular weight is 345 g/mol. The lowest BCUT2D eigenvalue weighted by Gasteiger charge is -2.25. The first-order chi connectivity index (χ1) is 10.5. The van der Waals surface area contributed by atoms with E-state index in [2.05, 4.69) is 5.32 Å². The van der Waals surface area contributed by atoms with E-state index in [1.807, 2.05) is 0 Å². The summed E-state index contributed by atoms with van der Waals surface area (Å²) in [5, 5.41) is 3.09. The summed E-state index contributed by atoms with van der Waals surface area (Å²) < 4.78 is 5.09. The zero-order chi connectivity index (χ0) is 16.3. The van der Waals surface area contributed by atoms with Gasteiger partial charge in [-0.2, -0.15) is 0 Å². The van der Waals surface area contributed by atoms with Crippen molar-refractivity contribution in [2.75, 3.05) is 24.3 Å². The van der Waals surface area contributed by atoms with Crippen molar-refractivity contribution < 1.29 is 19.1 Å². The van der Waals surface area contributed by atoms with Gasteiger partial charge in [0.1, 0.15) is 10.9 Å². The Morgan fingerprint density at radius 2 is 2.14 bits per heavy atom. The van der Waals surface area contributed by atoms with Gasteiger partial charge in [0.25, 0.3) is 0 Å². The van der Waals surface area contributed by atoms with Crippen LogP contribution in [0.3, 0.4) is 0 Å². The van der Waals surface area contributed by atoms with Crippen molar-refractivity contribution in [1.29, 1.82) is 0 Å². The lowest BCUT2D eigenvalue weighted by atomic mass is 10.0. The molecule has 0 saturated heterocycles. The van der Waals surface area contributed by atoms with E-state index in [1.165, 1.54) is 18.3 Å². The van der Waals surface area contributed by atoms with Gasteiger partial charge in [0.15, 0.2) is 0 Å². The van der Waals surface area contributed by atoms with Crippen molar-refractivity contribution >= 4 is 45.7 Å². The molecule has 1 aromatic rings. The van der Waals surface area contributed by atoms with E-state index in [1.54, 1.807) is 11.8 Å². The van der Waals surface area contributed by atoms with Crippen molar-refractivity contribution in [3.8, 4) is 0 Å². The molecule has 0 fully saturated rings. The van der Waals surface area contributed by atoms with Gasteiger partial charge in [0, 0.05) is 18.3 Å². The fraction of sp³-hybridized carbons (Fsp3) is 0.500. The molecule has 2 amide bonds. The number of nitrogens with one attached hydrogen (secondary N) is 1. The van der Waals surface area contributed by atoms with E-state index in [0.29, 0.717) is 30.1 Å². The summed E-state index contributed by atoms with van der Waals surface area (Å²) in [5.74, 6) is -1.04. The summed E-state index contributed by atoms with van der Waals surface area (Å²) in [6.07, 6.45) is 0.566. The number of alkyl halides is 1. The van der Waals surface area contributed by atoms with Crippen LogP contribution in [-0.2, 0) is 27.3 Å². The smallest absolute Gasteiger partial charge is 0.341 e. The van der Waals surface area contributed by atoms with Gasteiger partial charge in [0.2, 0.25) is 11.8 Å². The Morgan fingerprint density at radius 1 is 1.41 bits per heavy atom. The third-order valence-corrected chi connectivity index (χ3v) is 4.73.